The summed E-state index contributed by atoms with van der Waals surface area (Å²) in [5.41, 5.74) is 4.09. The molecule has 0 saturated heterocycles. The summed E-state index contributed by atoms with van der Waals surface area (Å²) in [7, 11) is 1.71. The van der Waals surface area contributed by atoms with Crippen molar-refractivity contribution >= 4 is 22.5 Å². The molecule has 1 N–H and O–H groups in total. The molecule has 1 aromatic heterocycles. The van der Waals surface area contributed by atoms with Crippen molar-refractivity contribution in [1.29, 1.82) is 0 Å². The Hall–Kier alpha value is -2.10. The largest absolute Gasteiger partial charge is 0.353 e. The third-order valence-corrected chi connectivity index (χ3v) is 3.40. The molecule has 0 saturated carbocycles. The summed E-state index contributed by atoms with van der Waals surface area (Å²) in [4.78, 5) is 15.4. The van der Waals surface area contributed by atoms with Crippen LogP contribution in [0.5, 0.6) is 0 Å². The van der Waals surface area contributed by atoms with Crippen molar-refractivity contribution < 1.29 is 4.79 Å². The van der Waals surface area contributed by atoms with Crippen molar-refractivity contribution in [2.45, 2.75) is 19.8 Å². The normalized spacial score (nSPS) is 15.6. The Morgan fingerprint density at radius 3 is 2.94 bits per heavy atom. The smallest absolute Gasteiger partial charge is 0.246 e. The van der Waals surface area contributed by atoms with E-state index < -0.39 is 0 Å². The molecular weight excluding hydrogens is 226 g/mol. The number of nitrogens with one attached hydrogen (secondary N) is 1. The average molecular weight is 241 g/mol. The summed E-state index contributed by atoms with van der Waals surface area (Å²) < 4.78 is 0. The molecule has 0 bridgehead atoms. The van der Waals surface area contributed by atoms with Gasteiger partial charge < -0.3 is 4.98 Å². The van der Waals surface area contributed by atoms with Gasteiger partial charge in [0.05, 0.1) is 17.8 Å². The second kappa shape index (κ2) is 3.98. The quantitative estimate of drug-likeness (QED) is 0.818. The van der Waals surface area contributed by atoms with Crippen molar-refractivity contribution in [2.24, 2.45) is 5.10 Å². The lowest BCUT2D eigenvalue weighted by Gasteiger charge is -2.08. The van der Waals surface area contributed by atoms with Crippen molar-refractivity contribution in [3.05, 3.63) is 35.5 Å². The van der Waals surface area contributed by atoms with Crippen LogP contribution in [0, 0.1) is 0 Å². The summed E-state index contributed by atoms with van der Waals surface area (Å²) in [5.74, 6) is 0.0319. The summed E-state index contributed by atoms with van der Waals surface area (Å²) >= 11 is 0. The maximum atomic E-state index is 12.0. The minimum atomic E-state index is 0.0319. The van der Waals surface area contributed by atoms with Gasteiger partial charge in [0.2, 0.25) is 5.91 Å². The number of aromatic nitrogens is 1. The van der Waals surface area contributed by atoms with E-state index in [2.05, 4.69) is 23.1 Å². The zero-order valence-electron chi connectivity index (χ0n) is 10.5. The molecule has 4 nitrogen and oxygen atoms in total. The first-order chi connectivity index (χ1) is 8.70. The number of carbonyl (C=O) groups excluding carboxylic acids is 1. The van der Waals surface area contributed by atoms with Gasteiger partial charge in [0.1, 0.15) is 0 Å². The average Bonchev–Trinajstić information content (AvgIpc) is 2.69. The predicted molar refractivity (Wildman–Crippen MR) is 71.6 cm³/mol. The van der Waals surface area contributed by atoms with Crippen LogP contribution in [0.4, 0.5) is 0 Å². The number of nitrogens with zero attached hydrogens (tertiary/aromatic N) is 2. The zero-order chi connectivity index (χ0) is 12.7. The number of hydrazone groups is 1. The molecule has 0 fully saturated rings. The van der Waals surface area contributed by atoms with Crippen LogP contribution >= 0.6 is 0 Å². The van der Waals surface area contributed by atoms with Gasteiger partial charge in [0.15, 0.2) is 0 Å². The Kier molecular flexibility index (Phi) is 2.44. The van der Waals surface area contributed by atoms with Gasteiger partial charge in [-0.05, 0) is 18.1 Å². The Labute approximate surface area is 105 Å². The fourth-order valence-electron chi connectivity index (χ4n) is 2.43. The van der Waals surface area contributed by atoms with Crippen LogP contribution in [-0.2, 0) is 11.2 Å². The Morgan fingerprint density at radius 2 is 2.17 bits per heavy atom. The zero-order valence-corrected chi connectivity index (χ0v) is 10.5. The molecule has 2 aromatic rings. The topological polar surface area (TPSA) is 48.5 Å². The van der Waals surface area contributed by atoms with E-state index in [0.29, 0.717) is 6.42 Å². The van der Waals surface area contributed by atoms with Gasteiger partial charge in [-0.15, -0.1) is 0 Å². The number of para-hydroxylation sites is 1. The van der Waals surface area contributed by atoms with Gasteiger partial charge in [-0.1, -0.05) is 25.1 Å². The number of benzene rings is 1. The predicted octanol–water partition coefficient (Wildman–Crippen LogP) is 2.30. The highest BCUT2D eigenvalue weighted by Crippen LogP contribution is 2.26. The van der Waals surface area contributed by atoms with Crippen LogP contribution in [0.25, 0.3) is 10.9 Å². The molecule has 18 heavy (non-hydrogen) atoms. The molecule has 1 aliphatic rings. The number of amides is 1. The van der Waals surface area contributed by atoms with Gasteiger partial charge in [0, 0.05) is 18.0 Å². The summed E-state index contributed by atoms with van der Waals surface area (Å²) in [5, 5.41) is 6.95. The Bertz CT molecular complexity index is 654. The summed E-state index contributed by atoms with van der Waals surface area (Å²) in [6, 6.07) is 8.08. The van der Waals surface area contributed by atoms with E-state index >= 15 is 0 Å². The monoisotopic (exact) mass is 241 g/mol. The number of hydrogen-bond donors (Lipinski definition) is 1. The number of H-pyrrole nitrogens is 1. The second-order valence-corrected chi connectivity index (χ2v) is 4.52. The van der Waals surface area contributed by atoms with Gasteiger partial charge in [0.25, 0.3) is 0 Å². The molecule has 2 heterocycles. The molecule has 1 aliphatic heterocycles. The molecule has 1 amide bonds. The standard InChI is InChI=1S/C14H15N3O/c1-3-11-14-10(8-13(18)17(2)16-11)9-6-4-5-7-12(9)15-14/h4-7,15H,3,8H2,1-2H3. The van der Waals surface area contributed by atoms with Crippen molar-refractivity contribution in [3.63, 3.8) is 0 Å². The molecule has 0 atom stereocenters. The van der Waals surface area contributed by atoms with Gasteiger partial charge >= 0.3 is 0 Å². The van der Waals surface area contributed by atoms with Crippen molar-refractivity contribution in [2.75, 3.05) is 7.05 Å². The van der Waals surface area contributed by atoms with E-state index in [-0.39, 0.29) is 5.91 Å². The van der Waals surface area contributed by atoms with Crippen LogP contribution < -0.4 is 0 Å². The van der Waals surface area contributed by atoms with E-state index in [9.17, 15) is 4.79 Å². The number of carbonyl (C=O) groups is 1. The van der Waals surface area contributed by atoms with Crippen molar-refractivity contribution in [1.82, 2.24) is 9.99 Å². The van der Waals surface area contributed by atoms with Gasteiger partial charge in [-0.3, -0.25) is 4.79 Å². The SMILES string of the molecule is CCC1=NN(C)C(=O)Cc2c1[nH]c1ccccc21. The van der Waals surface area contributed by atoms with Crippen LogP contribution in [0.1, 0.15) is 24.6 Å². The molecule has 92 valence electrons. The van der Waals surface area contributed by atoms with Crippen molar-refractivity contribution in [3.8, 4) is 0 Å². The van der Waals surface area contributed by atoms with Gasteiger partial charge in [-0.2, -0.15) is 5.10 Å². The second-order valence-electron chi connectivity index (χ2n) is 4.52. The molecular formula is C14H15N3O. The lowest BCUT2D eigenvalue weighted by Crippen LogP contribution is -2.22. The molecule has 0 spiro atoms. The van der Waals surface area contributed by atoms with E-state index in [1.807, 2.05) is 18.2 Å². The molecule has 1 aromatic carbocycles. The maximum Gasteiger partial charge on any atom is 0.246 e. The number of likely N-dealkylation sites (N-methyl/N-ethyl adjacent to an activating group) is 1. The number of rotatable bonds is 1. The number of fused-ring (bicyclic) bond motifs is 3. The van der Waals surface area contributed by atoms with Crippen LogP contribution in [0.3, 0.4) is 0 Å². The summed E-state index contributed by atoms with van der Waals surface area (Å²) in [6.45, 7) is 2.05. The molecule has 0 radical (unpaired) electrons. The highest BCUT2D eigenvalue weighted by molar-refractivity contribution is 6.08. The lowest BCUT2D eigenvalue weighted by molar-refractivity contribution is -0.129. The van der Waals surface area contributed by atoms with E-state index in [1.165, 1.54) is 5.01 Å². The van der Waals surface area contributed by atoms with Crippen LogP contribution in [0.15, 0.2) is 29.4 Å². The summed E-state index contributed by atoms with van der Waals surface area (Å²) in [6.07, 6.45) is 1.21. The van der Waals surface area contributed by atoms with Crippen LogP contribution in [0.2, 0.25) is 0 Å². The fourth-order valence-corrected chi connectivity index (χ4v) is 2.43. The highest BCUT2D eigenvalue weighted by atomic mass is 16.2. The number of aromatic amines is 1. The maximum absolute atomic E-state index is 12.0. The fraction of sp³-hybridized carbons (Fsp3) is 0.286. The number of hydrogen-bond acceptors (Lipinski definition) is 2. The van der Waals surface area contributed by atoms with E-state index in [1.54, 1.807) is 7.05 Å². The third-order valence-electron chi connectivity index (χ3n) is 3.40. The first-order valence-electron chi connectivity index (χ1n) is 6.14. The third kappa shape index (κ3) is 1.53. The Morgan fingerprint density at radius 1 is 1.39 bits per heavy atom. The first-order valence-corrected chi connectivity index (χ1v) is 6.14. The minimum Gasteiger partial charge on any atom is -0.353 e. The minimum absolute atomic E-state index is 0.0319. The van der Waals surface area contributed by atoms with E-state index in [4.69, 9.17) is 0 Å². The molecule has 4 heteroatoms. The molecule has 0 aliphatic carbocycles. The van der Waals surface area contributed by atoms with Gasteiger partial charge in [-0.25, -0.2) is 5.01 Å². The molecule has 0 unspecified atom stereocenters. The van der Waals surface area contributed by atoms with Crippen LogP contribution in [-0.4, -0.2) is 28.7 Å². The molecule has 3 rings (SSSR count). The van der Waals surface area contributed by atoms with E-state index in [0.717, 1.165) is 34.3 Å². The first kappa shape index (κ1) is 11.0. The Balaban J connectivity index is 2.30. The highest BCUT2D eigenvalue weighted by Gasteiger charge is 2.23. The lowest BCUT2D eigenvalue weighted by atomic mass is 10.0.